The van der Waals surface area contributed by atoms with Gasteiger partial charge in [-0.1, -0.05) is 5.16 Å². The molecule has 1 aliphatic heterocycles. The molecule has 1 aliphatic rings. The highest BCUT2D eigenvalue weighted by Gasteiger charge is 2.33. The van der Waals surface area contributed by atoms with Gasteiger partial charge in [-0.15, -0.1) is 0 Å². The lowest BCUT2D eigenvalue weighted by molar-refractivity contribution is -0.137. The van der Waals surface area contributed by atoms with Gasteiger partial charge in [0.1, 0.15) is 5.69 Å². The molecule has 1 unspecified atom stereocenters. The van der Waals surface area contributed by atoms with Crippen molar-refractivity contribution in [1.82, 2.24) is 20.0 Å². The van der Waals surface area contributed by atoms with E-state index < -0.39 is 17.8 Å². The standard InChI is InChI=1S/C13H13F3N4O3/c14-13(15,16)8-4-9(17-5-8)11-18-10(19-23-11)7-2-1-3-20(6-7)12(21)22/h4-5,7,17H,1-3,6H2,(H,21,22). The molecule has 2 N–H and O–H groups in total. The summed E-state index contributed by atoms with van der Waals surface area (Å²) in [7, 11) is 0. The number of aromatic nitrogens is 3. The Hall–Kier alpha value is -2.52. The molecular formula is C13H13F3N4O3. The van der Waals surface area contributed by atoms with Crippen LogP contribution >= 0.6 is 0 Å². The van der Waals surface area contributed by atoms with Crippen LogP contribution in [0.15, 0.2) is 16.8 Å². The van der Waals surface area contributed by atoms with Gasteiger partial charge in [0.2, 0.25) is 0 Å². The third-order valence-corrected chi connectivity index (χ3v) is 3.74. The Morgan fingerprint density at radius 3 is 2.91 bits per heavy atom. The largest absolute Gasteiger partial charge is 0.465 e. The predicted octanol–water partition coefficient (Wildman–Crippen LogP) is 2.94. The number of nitrogens with zero attached hydrogens (tertiary/aromatic N) is 3. The molecule has 1 atom stereocenters. The van der Waals surface area contributed by atoms with Crippen LogP contribution in [0.4, 0.5) is 18.0 Å². The van der Waals surface area contributed by atoms with Gasteiger partial charge in [-0.2, -0.15) is 18.2 Å². The first-order valence-electron chi connectivity index (χ1n) is 6.92. The minimum Gasteiger partial charge on any atom is -0.465 e. The van der Waals surface area contributed by atoms with Crippen molar-refractivity contribution < 1.29 is 27.6 Å². The molecule has 3 heterocycles. The normalized spacial score (nSPS) is 19.1. The molecule has 124 valence electrons. The SMILES string of the molecule is O=C(O)N1CCCC(c2noc(-c3cc(C(F)(F)F)c[nH]3)n2)C1. The quantitative estimate of drug-likeness (QED) is 0.883. The van der Waals surface area contributed by atoms with E-state index in [1.807, 2.05) is 0 Å². The fraction of sp³-hybridized carbons (Fsp3) is 0.462. The summed E-state index contributed by atoms with van der Waals surface area (Å²) in [5, 5.41) is 12.8. The Bertz CT molecular complexity index is 709. The van der Waals surface area contributed by atoms with Crippen molar-refractivity contribution >= 4 is 6.09 Å². The van der Waals surface area contributed by atoms with Crippen molar-refractivity contribution in [3.05, 3.63) is 23.7 Å². The van der Waals surface area contributed by atoms with E-state index >= 15 is 0 Å². The number of carbonyl (C=O) groups is 1. The Morgan fingerprint density at radius 2 is 2.26 bits per heavy atom. The minimum atomic E-state index is -4.46. The van der Waals surface area contributed by atoms with Gasteiger partial charge < -0.3 is 19.5 Å². The number of alkyl halides is 3. The highest BCUT2D eigenvalue weighted by Crippen LogP contribution is 2.32. The zero-order chi connectivity index (χ0) is 16.6. The van der Waals surface area contributed by atoms with Gasteiger partial charge in [-0.25, -0.2) is 4.79 Å². The third kappa shape index (κ3) is 3.15. The second-order valence-electron chi connectivity index (χ2n) is 5.33. The number of likely N-dealkylation sites (tertiary alicyclic amines) is 1. The number of H-pyrrole nitrogens is 1. The lowest BCUT2D eigenvalue weighted by Crippen LogP contribution is -2.38. The van der Waals surface area contributed by atoms with Crippen LogP contribution in [-0.2, 0) is 6.18 Å². The maximum atomic E-state index is 12.6. The molecule has 0 bridgehead atoms. The maximum absolute atomic E-state index is 12.6. The number of hydrogen-bond acceptors (Lipinski definition) is 4. The highest BCUT2D eigenvalue weighted by molar-refractivity contribution is 5.65. The first-order chi connectivity index (χ1) is 10.8. The number of nitrogens with one attached hydrogen (secondary N) is 1. The van der Waals surface area contributed by atoms with Gasteiger partial charge in [0.25, 0.3) is 5.89 Å². The third-order valence-electron chi connectivity index (χ3n) is 3.74. The number of halogens is 3. The molecule has 7 nitrogen and oxygen atoms in total. The molecule has 2 aromatic heterocycles. The molecule has 3 rings (SSSR count). The average Bonchev–Trinajstić information content (AvgIpc) is 3.15. The molecule has 2 aromatic rings. The van der Waals surface area contributed by atoms with E-state index in [1.54, 1.807) is 0 Å². The van der Waals surface area contributed by atoms with Crippen LogP contribution in [0.2, 0.25) is 0 Å². The van der Waals surface area contributed by atoms with Crippen molar-refractivity contribution in [3.8, 4) is 11.6 Å². The highest BCUT2D eigenvalue weighted by atomic mass is 19.4. The zero-order valence-corrected chi connectivity index (χ0v) is 11.8. The molecule has 23 heavy (non-hydrogen) atoms. The molecule has 10 heteroatoms. The number of aromatic amines is 1. The summed E-state index contributed by atoms with van der Waals surface area (Å²) in [6.45, 7) is 0.689. The minimum absolute atomic E-state index is 0.0528. The van der Waals surface area contributed by atoms with E-state index in [2.05, 4.69) is 15.1 Å². The average molecular weight is 330 g/mol. The van der Waals surface area contributed by atoms with E-state index in [4.69, 9.17) is 9.63 Å². The van der Waals surface area contributed by atoms with E-state index in [1.165, 1.54) is 4.90 Å². The summed E-state index contributed by atoms with van der Waals surface area (Å²) < 4.78 is 42.8. The summed E-state index contributed by atoms with van der Waals surface area (Å²) in [5.74, 6) is 0.0199. The monoisotopic (exact) mass is 330 g/mol. The van der Waals surface area contributed by atoms with E-state index in [9.17, 15) is 18.0 Å². The van der Waals surface area contributed by atoms with Crippen LogP contribution in [0.25, 0.3) is 11.6 Å². The first-order valence-corrected chi connectivity index (χ1v) is 6.92. The summed E-state index contributed by atoms with van der Waals surface area (Å²) in [6.07, 6.45) is -3.28. The number of rotatable bonds is 2. The Balaban J connectivity index is 1.78. The first kappa shape index (κ1) is 15.4. The van der Waals surface area contributed by atoms with Crippen molar-refractivity contribution in [2.45, 2.75) is 24.9 Å². The smallest absolute Gasteiger partial charge is 0.417 e. The Labute approximate surface area is 128 Å². The van der Waals surface area contributed by atoms with E-state index in [-0.39, 0.29) is 24.0 Å². The lowest BCUT2D eigenvalue weighted by atomic mass is 9.98. The van der Waals surface area contributed by atoms with E-state index in [0.29, 0.717) is 25.2 Å². The fourth-order valence-corrected chi connectivity index (χ4v) is 2.55. The number of piperidine rings is 1. The van der Waals surface area contributed by atoms with Crippen molar-refractivity contribution in [3.63, 3.8) is 0 Å². The van der Waals surface area contributed by atoms with Gasteiger partial charge in [0.05, 0.1) is 5.56 Å². The zero-order valence-electron chi connectivity index (χ0n) is 11.8. The van der Waals surface area contributed by atoms with Gasteiger partial charge in [0.15, 0.2) is 5.82 Å². The van der Waals surface area contributed by atoms with Gasteiger partial charge in [-0.05, 0) is 18.9 Å². The summed E-state index contributed by atoms with van der Waals surface area (Å²) in [6, 6.07) is 0.891. The summed E-state index contributed by atoms with van der Waals surface area (Å²) >= 11 is 0. The van der Waals surface area contributed by atoms with Crippen LogP contribution in [0.1, 0.15) is 30.1 Å². The Morgan fingerprint density at radius 1 is 1.48 bits per heavy atom. The second kappa shape index (κ2) is 5.60. The molecule has 0 spiro atoms. The number of carboxylic acid groups (broad SMARTS) is 1. The second-order valence-corrected chi connectivity index (χ2v) is 5.33. The van der Waals surface area contributed by atoms with Gasteiger partial charge in [0, 0.05) is 25.2 Å². The van der Waals surface area contributed by atoms with Crippen LogP contribution in [0, 0.1) is 0 Å². The van der Waals surface area contributed by atoms with Crippen molar-refractivity contribution in [2.24, 2.45) is 0 Å². The van der Waals surface area contributed by atoms with Gasteiger partial charge in [-0.3, -0.25) is 0 Å². The van der Waals surface area contributed by atoms with E-state index in [0.717, 1.165) is 12.3 Å². The van der Waals surface area contributed by atoms with Crippen LogP contribution in [-0.4, -0.2) is 44.3 Å². The Kier molecular flexibility index (Phi) is 3.74. The molecule has 0 aliphatic carbocycles. The molecule has 1 saturated heterocycles. The molecule has 0 saturated carbocycles. The topological polar surface area (TPSA) is 95.2 Å². The predicted molar refractivity (Wildman–Crippen MR) is 70.7 cm³/mol. The summed E-state index contributed by atoms with van der Waals surface area (Å²) in [4.78, 5) is 18.8. The molecule has 1 fully saturated rings. The van der Waals surface area contributed by atoms with Crippen molar-refractivity contribution in [1.29, 1.82) is 0 Å². The fourth-order valence-electron chi connectivity index (χ4n) is 2.55. The van der Waals surface area contributed by atoms with Crippen LogP contribution in [0.3, 0.4) is 0 Å². The van der Waals surface area contributed by atoms with Crippen LogP contribution < -0.4 is 0 Å². The molecular weight excluding hydrogens is 317 g/mol. The number of amides is 1. The molecule has 1 amide bonds. The van der Waals surface area contributed by atoms with Crippen molar-refractivity contribution in [2.75, 3.05) is 13.1 Å². The maximum Gasteiger partial charge on any atom is 0.417 e. The summed E-state index contributed by atoms with van der Waals surface area (Å²) in [5.41, 5.74) is -0.760. The van der Waals surface area contributed by atoms with Gasteiger partial charge >= 0.3 is 12.3 Å². The number of hydrogen-bond donors (Lipinski definition) is 2. The lowest BCUT2D eigenvalue weighted by Gasteiger charge is -2.28. The molecule has 0 radical (unpaired) electrons. The van der Waals surface area contributed by atoms with Crippen LogP contribution in [0.5, 0.6) is 0 Å². The molecule has 0 aromatic carbocycles.